The number of thiophene rings is 2. The van der Waals surface area contributed by atoms with Gasteiger partial charge in [-0.05, 0) is 143 Å². The smallest absolute Gasteiger partial charge is 0.252 e. The number of nitrogens with zero attached hydrogens (tertiary/aromatic N) is 2. The Morgan fingerprint density at radius 1 is 0.514 bits per heavy atom. The first-order valence-corrected chi connectivity index (χ1v) is 32.8. The molecule has 2 aromatic heterocycles. The third-order valence-corrected chi connectivity index (χ3v) is 22.0. The second kappa shape index (κ2) is 32.1. The van der Waals surface area contributed by atoms with Crippen LogP contribution in [0, 0.1) is 5.92 Å². The highest BCUT2D eigenvalue weighted by Gasteiger charge is 2.31. The van der Waals surface area contributed by atoms with Gasteiger partial charge in [-0.1, -0.05) is 120 Å². The molecular formula is C56H82Cl2N6O6S4. The van der Waals surface area contributed by atoms with Crippen molar-refractivity contribution < 1.29 is 26.4 Å². The normalized spacial score (nSPS) is 18.5. The van der Waals surface area contributed by atoms with Crippen LogP contribution in [0.2, 0.25) is 10.0 Å². The molecule has 1 aliphatic carbocycles. The van der Waals surface area contributed by atoms with Crippen molar-refractivity contribution in [2.24, 2.45) is 5.92 Å². The summed E-state index contributed by atoms with van der Waals surface area (Å²) in [6.07, 6.45) is 26.9. The summed E-state index contributed by atoms with van der Waals surface area (Å²) in [5.41, 5.74) is 1.04. The van der Waals surface area contributed by atoms with Gasteiger partial charge in [0, 0.05) is 69.2 Å². The number of carbonyl (C=O) groups excluding carboxylic acids is 2. The van der Waals surface area contributed by atoms with Crippen LogP contribution in [0.15, 0.2) is 81.2 Å². The van der Waals surface area contributed by atoms with Crippen LogP contribution in [0.4, 0.5) is 0 Å². The summed E-state index contributed by atoms with van der Waals surface area (Å²) < 4.78 is 57.2. The first kappa shape index (κ1) is 60.3. The molecule has 0 bridgehead atoms. The second-order valence-electron chi connectivity index (χ2n) is 20.3. The summed E-state index contributed by atoms with van der Waals surface area (Å²) in [6.45, 7) is 7.09. The number of rotatable bonds is 26. The molecular weight excluding hydrogens is 1050 g/mol. The highest BCUT2D eigenvalue weighted by Crippen LogP contribution is 2.30. The van der Waals surface area contributed by atoms with Crippen molar-refractivity contribution in [3.8, 4) is 0 Å². The highest BCUT2D eigenvalue weighted by molar-refractivity contribution is 7.91. The van der Waals surface area contributed by atoms with Gasteiger partial charge in [0.2, 0.25) is 0 Å². The van der Waals surface area contributed by atoms with Gasteiger partial charge in [-0.25, -0.2) is 16.8 Å². The molecule has 12 nitrogen and oxygen atoms in total. The number of nitrogens with one attached hydrogen (secondary N) is 4. The molecule has 3 fully saturated rings. The topological polar surface area (TPSA) is 157 Å². The van der Waals surface area contributed by atoms with Crippen molar-refractivity contribution in [2.75, 3.05) is 39.3 Å². The Labute approximate surface area is 461 Å². The van der Waals surface area contributed by atoms with Gasteiger partial charge in [-0.2, -0.15) is 8.61 Å². The number of amides is 2. The minimum atomic E-state index is -3.53. The monoisotopic (exact) mass is 1130 g/mol. The van der Waals surface area contributed by atoms with Gasteiger partial charge in [0.25, 0.3) is 31.9 Å². The first-order chi connectivity index (χ1) is 35.8. The third-order valence-electron chi connectivity index (χ3n) is 14.6. The standard InChI is InChI=1S/C30H46ClN3O3S2.C26H36ClN3O3S2/c1-2-3-4-5-6-7-8-9-10-11-21-32-27-13-12-22-34(23-20-27)39(36,37)29-19-18-28(38-29)24-33-30(35)25-14-16-26(31)17-15-25;27-22-10-8-21(9-11-22)26(31)29-19-24-12-13-25(34-24)35(32,33)30-17-4-7-23(15-18-30)28-16-14-20-5-2-1-3-6-20/h14-19,27,32H,2-13,20-24H2,1H3,(H,33,35);8-13,20,23,28H,1-7,14-19H2,(H,29,31). The van der Waals surface area contributed by atoms with Gasteiger partial charge in [-0.15, -0.1) is 22.7 Å². The van der Waals surface area contributed by atoms with E-state index in [0.717, 1.165) is 67.3 Å². The summed E-state index contributed by atoms with van der Waals surface area (Å²) in [5.74, 6) is 0.435. The van der Waals surface area contributed by atoms with Crippen molar-refractivity contribution in [3.63, 3.8) is 0 Å². The quantitative estimate of drug-likeness (QED) is 0.0453. The molecule has 4 heterocycles. The number of hydrogen-bond acceptors (Lipinski definition) is 10. The summed E-state index contributed by atoms with van der Waals surface area (Å²) in [7, 11) is -7.06. The Kier molecular flexibility index (Phi) is 26.2. The lowest BCUT2D eigenvalue weighted by Gasteiger charge is -2.23. The number of benzene rings is 2. The number of unbranched alkanes of at least 4 members (excludes halogenated alkanes) is 9. The van der Waals surface area contributed by atoms with E-state index < -0.39 is 20.0 Å². The number of sulfonamides is 2. The van der Waals surface area contributed by atoms with Crippen LogP contribution in [0.5, 0.6) is 0 Å². The largest absolute Gasteiger partial charge is 0.347 e. The van der Waals surface area contributed by atoms with E-state index in [-0.39, 0.29) is 24.9 Å². The fraction of sp³-hybridized carbons (Fsp3) is 0.607. The van der Waals surface area contributed by atoms with Crippen LogP contribution in [0.3, 0.4) is 0 Å². The predicted octanol–water partition coefficient (Wildman–Crippen LogP) is 12.8. The molecule has 2 aliphatic heterocycles. The van der Waals surface area contributed by atoms with Gasteiger partial charge >= 0.3 is 0 Å². The zero-order chi connectivity index (χ0) is 52.6. The Hall–Kier alpha value is -2.90. The Morgan fingerprint density at radius 3 is 1.41 bits per heavy atom. The lowest BCUT2D eigenvalue weighted by Crippen LogP contribution is -2.34. The highest BCUT2D eigenvalue weighted by atomic mass is 35.5. The summed E-state index contributed by atoms with van der Waals surface area (Å²) >= 11 is 14.2. The van der Waals surface area contributed by atoms with Crippen LogP contribution in [0.25, 0.3) is 0 Å². The zero-order valence-corrected chi connectivity index (χ0v) is 48.4. The molecule has 4 aromatic rings. The molecule has 4 N–H and O–H groups in total. The Balaban J connectivity index is 0.000000242. The molecule has 18 heteroatoms. The molecule has 74 heavy (non-hydrogen) atoms. The van der Waals surface area contributed by atoms with E-state index in [0.29, 0.717) is 67.9 Å². The van der Waals surface area contributed by atoms with E-state index in [2.05, 4.69) is 28.2 Å². The van der Waals surface area contributed by atoms with Crippen molar-refractivity contribution in [1.82, 2.24) is 29.9 Å². The average molecular weight is 1130 g/mol. The van der Waals surface area contributed by atoms with E-state index in [1.54, 1.807) is 81.4 Å². The van der Waals surface area contributed by atoms with Crippen molar-refractivity contribution in [2.45, 2.75) is 182 Å². The van der Waals surface area contributed by atoms with Crippen molar-refractivity contribution in [1.29, 1.82) is 0 Å². The fourth-order valence-corrected chi connectivity index (χ4v) is 16.2. The number of hydrogen-bond donors (Lipinski definition) is 4. The summed E-state index contributed by atoms with van der Waals surface area (Å²) in [6, 6.07) is 21.0. The predicted molar refractivity (Wildman–Crippen MR) is 306 cm³/mol. The lowest BCUT2D eigenvalue weighted by atomic mass is 9.87. The second-order valence-corrected chi connectivity index (χ2v) is 27.8. The number of carbonyl (C=O) groups is 2. The molecule has 410 valence electrons. The minimum Gasteiger partial charge on any atom is -0.347 e. The maximum atomic E-state index is 13.3. The van der Waals surface area contributed by atoms with Crippen LogP contribution in [0.1, 0.15) is 179 Å². The average Bonchev–Trinajstić information content (AvgIpc) is 3.96. The maximum Gasteiger partial charge on any atom is 0.252 e. The van der Waals surface area contributed by atoms with Crippen molar-refractivity contribution >= 4 is 77.7 Å². The summed E-state index contributed by atoms with van der Waals surface area (Å²) in [5, 5.41) is 14.2. The molecule has 2 amide bonds. The van der Waals surface area contributed by atoms with Gasteiger partial charge < -0.3 is 21.3 Å². The van der Waals surface area contributed by atoms with E-state index in [4.69, 9.17) is 23.2 Å². The molecule has 3 aliphatic rings. The van der Waals surface area contributed by atoms with Gasteiger partial charge in [0.05, 0.1) is 13.1 Å². The molecule has 0 radical (unpaired) electrons. The Morgan fingerprint density at radius 2 is 0.946 bits per heavy atom. The number of halogens is 2. The minimum absolute atomic E-state index is 0.214. The first-order valence-electron chi connectivity index (χ1n) is 27.5. The third kappa shape index (κ3) is 20.2. The zero-order valence-electron chi connectivity index (χ0n) is 43.6. The summed E-state index contributed by atoms with van der Waals surface area (Å²) in [4.78, 5) is 26.3. The molecule has 0 spiro atoms. The molecule has 2 aromatic carbocycles. The van der Waals surface area contributed by atoms with E-state index in [1.807, 2.05) is 0 Å². The van der Waals surface area contributed by atoms with Gasteiger partial charge in [0.1, 0.15) is 8.42 Å². The molecule has 1 saturated carbocycles. The molecule has 2 unspecified atom stereocenters. The van der Waals surface area contributed by atoms with E-state index in [9.17, 15) is 26.4 Å². The molecule has 7 rings (SSSR count). The Bertz CT molecular complexity index is 2500. The molecule has 2 atom stereocenters. The lowest BCUT2D eigenvalue weighted by molar-refractivity contribution is 0.0943. The van der Waals surface area contributed by atoms with Gasteiger partial charge in [0.15, 0.2) is 0 Å². The maximum absolute atomic E-state index is 13.3. The van der Waals surface area contributed by atoms with Gasteiger partial charge in [-0.3, -0.25) is 9.59 Å². The van der Waals surface area contributed by atoms with Crippen LogP contribution in [-0.2, 0) is 33.1 Å². The SMILES string of the molecule is CCCCCCCCCCCCNC1CCCN(S(=O)(=O)c2ccc(CNC(=O)c3ccc(Cl)cc3)s2)CC1.O=C(NCc1ccc(S(=O)(=O)N2CCCC(NCCC3CCCCC3)CC2)s1)c1ccc(Cl)cc1. The molecule has 2 saturated heterocycles. The van der Waals surface area contributed by atoms with Crippen LogP contribution >= 0.6 is 45.9 Å². The fourth-order valence-electron chi connectivity index (χ4n) is 10.1. The van der Waals surface area contributed by atoms with Crippen LogP contribution in [-0.4, -0.2) is 88.6 Å². The van der Waals surface area contributed by atoms with E-state index in [1.165, 1.54) is 125 Å². The van der Waals surface area contributed by atoms with Crippen molar-refractivity contribution in [3.05, 3.63) is 104 Å². The van der Waals surface area contributed by atoms with Crippen LogP contribution < -0.4 is 21.3 Å². The van der Waals surface area contributed by atoms with E-state index >= 15 is 0 Å².